The van der Waals surface area contributed by atoms with Crippen LogP contribution in [0, 0.1) is 6.92 Å². The van der Waals surface area contributed by atoms with Crippen molar-refractivity contribution in [2.24, 2.45) is 0 Å². The van der Waals surface area contributed by atoms with E-state index in [4.69, 9.17) is 0 Å². The Hall–Kier alpha value is -1.65. The van der Waals surface area contributed by atoms with Gasteiger partial charge in [0.1, 0.15) is 0 Å². The van der Waals surface area contributed by atoms with Crippen molar-refractivity contribution >= 4 is 19.1 Å². The Morgan fingerprint density at radius 1 is 0.826 bits per heavy atom. The molecule has 0 saturated heterocycles. The molecule has 2 aromatic carbocycles. The Kier molecular flexibility index (Phi) is 4.55. The van der Waals surface area contributed by atoms with Crippen LogP contribution in [0.25, 0.3) is 11.1 Å². The third-order valence-corrected chi connectivity index (χ3v) is 7.35. The van der Waals surface area contributed by atoms with Crippen molar-refractivity contribution in [1.82, 2.24) is 0 Å². The molecule has 1 aliphatic heterocycles. The van der Waals surface area contributed by atoms with Crippen LogP contribution in [0.3, 0.4) is 0 Å². The monoisotopic (exact) mass is 320 g/mol. The Balaban J connectivity index is 2.05. The van der Waals surface area contributed by atoms with Crippen molar-refractivity contribution in [3.63, 3.8) is 0 Å². The number of rotatable bonds is 2. The molecule has 3 rings (SSSR count). The number of hydrogen-bond donors (Lipinski definition) is 0. The van der Waals surface area contributed by atoms with E-state index in [0.29, 0.717) is 5.16 Å². The minimum Gasteiger partial charge on any atom is -0.0726 e. The maximum atomic E-state index is 2.53. The minimum absolute atomic E-state index is 0.177. The molecule has 0 bridgehead atoms. The van der Waals surface area contributed by atoms with Crippen LogP contribution in [0.2, 0.25) is 0 Å². The molecule has 0 aromatic heterocycles. The van der Waals surface area contributed by atoms with Gasteiger partial charge in [-0.15, -0.1) is 0 Å². The summed E-state index contributed by atoms with van der Waals surface area (Å²) < 4.78 is 0. The highest BCUT2D eigenvalue weighted by molar-refractivity contribution is 7.63. The second-order valence-corrected chi connectivity index (χ2v) is 10.1. The summed E-state index contributed by atoms with van der Waals surface area (Å²) in [6, 6.07) is 19.8. The SMILES string of the molecule is Cc1ccc(C2=CP(C(C)(C)C)CC(c3ccccc3)=C2)cc1. The molecule has 0 N–H and O–H groups in total. The predicted molar refractivity (Wildman–Crippen MR) is 105 cm³/mol. The summed E-state index contributed by atoms with van der Waals surface area (Å²) >= 11 is 0. The Labute approximate surface area is 141 Å². The third-order valence-electron chi connectivity index (χ3n) is 4.36. The molecule has 1 aliphatic rings. The molecular formula is C22H25P. The highest BCUT2D eigenvalue weighted by Crippen LogP contribution is 2.57. The summed E-state index contributed by atoms with van der Waals surface area (Å²) in [4.78, 5) is 0. The molecule has 23 heavy (non-hydrogen) atoms. The minimum atomic E-state index is -0.177. The maximum absolute atomic E-state index is 2.53. The first-order valence-electron chi connectivity index (χ1n) is 8.25. The van der Waals surface area contributed by atoms with Crippen molar-refractivity contribution in [3.05, 3.63) is 83.2 Å². The molecule has 1 heteroatoms. The number of benzene rings is 2. The lowest BCUT2D eigenvalue weighted by atomic mass is 10.00. The summed E-state index contributed by atoms with van der Waals surface area (Å²) in [6.07, 6.45) is 3.57. The lowest BCUT2D eigenvalue weighted by Gasteiger charge is -2.33. The fourth-order valence-corrected chi connectivity index (χ4v) is 4.98. The lowest BCUT2D eigenvalue weighted by Crippen LogP contribution is -2.14. The topological polar surface area (TPSA) is 0 Å². The van der Waals surface area contributed by atoms with Crippen LogP contribution in [0.5, 0.6) is 0 Å². The molecule has 0 radical (unpaired) electrons. The van der Waals surface area contributed by atoms with E-state index in [2.05, 4.69) is 94.2 Å². The number of aryl methyl sites for hydroxylation is 1. The molecule has 0 nitrogen and oxygen atoms in total. The van der Waals surface area contributed by atoms with E-state index >= 15 is 0 Å². The van der Waals surface area contributed by atoms with Crippen molar-refractivity contribution in [2.75, 3.05) is 6.16 Å². The van der Waals surface area contributed by atoms with Gasteiger partial charge in [0.15, 0.2) is 0 Å². The van der Waals surface area contributed by atoms with Crippen LogP contribution in [-0.4, -0.2) is 11.3 Å². The molecule has 1 atom stereocenters. The average molecular weight is 320 g/mol. The molecule has 118 valence electrons. The highest BCUT2D eigenvalue weighted by Gasteiger charge is 2.26. The first-order chi connectivity index (χ1) is 10.9. The second kappa shape index (κ2) is 6.46. The van der Waals surface area contributed by atoms with Crippen molar-refractivity contribution < 1.29 is 0 Å². The fraction of sp³-hybridized carbons (Fsp3) is 0.273. The second-order valence-electron chi connectivity index (χ2n) is 7.28. The zero-order valence-electron chi connectivity index (χ0n) is 14.5. The van der Waals surface area contributed by atoms with Gasteiger partial charge in [0.05, 0.1) is 0 Å². The van der Waals surface area contributed by atoms with Crippen LogP contribution in [-0.2, 0) is 0 Å². The largest absolute Gasteiger partial charge is 0.0726 e. The van der Waals surface area contributed by atoms with Gasteiger partial charge in [0.2, 0.25) is 0 Å². The van der Waals surface area contributed by atoms with Gasteiger partial charge < -0.3 is 0 Å². The summed E-state index contributed by atoms with van der Waals surface area (Å²) in [5, 5.41) is 0.333. The van der Waals surface area contributed by atoms with E-state index in [1.165, 1.54) is 34.0 Å². The quantitative estimate of drug-likeness (QED) is 0.539. The van der Waals surface area contributed by atoms with Crippen LogP contribution in [0.1, 0.15) is 37.5 Å². The van der Waals surface area contributed by atoms with Gasteiger partial charge in [0, 0.05) is 0 Å². The van der Waals surface area contributed by atoms with Crippen molar-refractivity contribution in [1.29, 1.82) is 0 Å². The number of hydrogen-bond acceptors (Lipinski definition) is 0. The Morgan fingerprint density at radius 3 is 2.09 bits per heavy atom. The molecular weight excluding hydrogens is 295 g/mol. The number of allylic oxidation sites excluding steroid dienone is 3. The summed E-state index contributed by atoms with van der Waals surface area (Å²) in [7, 11) is -0.177. The third kappa shape index (κ3) is 3.82. The molecule has 2 aromatic rings. The van der Waals surface area contributed by atoms with Crippen LogP contribution in [0.4, 0.5) is 0 Å². The maximum Gasteiger partial charge on any atom is -0.00274 e. The van der Waals surface area contributed by atoms with Gasteiger partial charge in [-0.25, -0.2) is 0 Å². The first-order valence-corrected chi connectivity index (χ1v) is 9.85. The van der Waals surface area contributed by atoms with E-state index < -0.39 is 0 Å². The summed E-state index contributed by atoms with van der Waals surface area (Å²) in [5.41, 5.74) is 6.87. The van der Waals surface area contributed by atoms with E-state index in [1.54, 1.807) is 0 Å². The van der Waals surface area contributed by atoms with Gasteiger partial charge >= 0.3 is 0 Å². The van der Waals surface area contributed by atoms with Crippen LogP contribution >= 0.6 is 7.92 Å². The van der Waals surface area contributed by atoms with Crippen LogP contribution in [0.15, 0.2) is 66.5 Å². The Morgan fingerprint density at radius 2 is 1.48 bits per heavy atom. The first kappa shape index (κ1) is 16.2. The van der Waals surface area contributed by atoms with E-state index in [-0.39, 0.29) is 7.92 Å². The average Bonchev–Trinajstić information content (AvgIpc) is 2.55. The zero-order valence-corrected chi connectivity index (χ0v) is 15.4. The zero-order chi connectivity index (χ0) is 16.4. The normalized spacial score (nSPS) is 18.3. The van der Waals surface area contributed by atoms with Gasteiger partial charge in [-0.2, -0.15) is 0 Å². The molecule has 1 heterocycles. The molecule has 0 amide bonds. The van der Waals surface area contributed by atoms with Crippen molar-refractivity contribution in [2.45, 2.75) is 32.9 Å². The molecule has 1 unspecified atom stereocenters. The lowest BCUT2D eigenvalue weighted by molar-refractivity contribution is 0.788. The van der Waals surface area contributed by atoms with E-state index in [9.17, 15) is 0 Å². The highest BCUT2D eigenvalue weighted by atomic mass is 31.1. The molecule has 0 fully saturated rings. The summed E-state index contributed by atoms with van der Waals surface area (Å²) in [5.74, 6) is 2.53. The Bertz CT molecular complexity index is 728. The fourth-order valence-electron chi connectivity index (χ4n) is 2.83. The van der Waals surface area contributed by atoms with Gasteiger partial charge in [-0.3, -0.25) is 0 Å². The van der Waals surface area contributed by atoms with Gasteiger partial charge in [0.25, 0.3) is 0 Å². The summed E-state index contributed by atoms with van der Waals surface area (Å²) in [6.45, 7) is 9.26. The van der Waals surface area contributed by atoms with Gasteiger partial charge in [-0.1, -0.05) is 101 Å². The molecule has 0 saturated carbocycles. The standard InChI is InChI=1S/C22H25P/c1-17-10-12-19(13-11-17)21-14-20(18-8-6-5-7-9-18)15-23(16-21)22(2,3)4/h5-14,16H,15H2,1-4H3. The molecule has 0 spiro atoms. The smallest absolute Gasteiger partial charge is 0.00274 e. The predicted octanol–water partition coefficient (Wildman–Crippen LogP) is 6.71. The van der Waals surface area contributed by atoms with E-state index in [1.807, 2.05) is 0 Å². The van der Waals surface area contributed by atoms with Crippen LogP contribution < -0.4 is 0 Å². The van der Waals surface area contributed by atoms with Gasteiger partial charge in [-0.05, 0) is 40.5 Å². The van der Waals surface area contributed by atoms with Crippen molar-refractivity contribution in [3.8, 4) is 0 Å². The van der Waals surface area contributed by atoms with E-state index in [0.717, 1.165) is 0 Å². The molecule has 0 aliphatic carbocycles.